The topological polar surface area (TPSA) is 67.6 Å². The number of hydrogen-bond donors (Lipinski definition) is 1. The Hall–Kier alpha value is -1.97. The lowest BCUT2D eigenvalue weighted by molar-refractivity contribution is -0.142. The fourth-order valence-corrected chi connectivity index (χ4v) is 3.89. The van der Waals surface area contributed by atoms with Crippen LogP contribution in [0.25, 0.3) is 0 Å². The minimum atomic E-state index is -4.70. The Morgan fingerprint density at radius 3 is 2.47 bits per heavy atom. The molecule has 1 aliphatic rings. The molecule has 2 aromatic rings. The molecule has 6 nitrogen and oxygen atoms in total. The number of carbonyl (C=O) groups is 1. The standard InChI is InChI=1S/C19H20Cl2F3N3O3/c1-11-16(21)17(19(22,23)24)25-27(11)10-15(28)26-7-5-18(29,6-8-26)12-3-4-13(20)14(9-12)30-2/h3-4,9,29H,5-8,10H2,1-2H3. The van der Waals surface area contributed by atoms with Gasteiger partial charge in [-0.1, -0.05) is 29.3 Å². The summed E-state index contributed by atoms with van der Waals surface area (Å²) >= 11 is 11.8. The van der Waals surface area contributed by atoms with Crippen molar-refractivity contribution in [2.24, 2.45) is 0 Å². The molecule has 3 rings (SSSR count). The Labute approximate surface area is 181 Å². The molecule has 0 aliphatic carbocycles. The molecule has 1 saturated heterocycles. The van der Waals surface area contributed by atoms with Gasteiger partial charge in [0.05, 0.1) is 28.5 Å². The number of aromatic nitrogens is 2. The number of likely N-dealkylation sites (tertiary alicyclic amines) is 1. The van der Waals surface area contributed by atoms with E-state index in [4.69, 9.17) is 27.9 Å². The summed E-state index contributed by atoms with van der Waals surface area (Å²) in [6, 6.07) is 5.00. The van der Waals surface area contributed by atoms with E-state index in [0.29, 0.717) is 16.3 Å². The summed E-state index contributed by atoms with van der Waals surface area (Å²) in [5, 5.41) is 14.4. The lowest BCUT2D eigenvalue weighted by atomic mass is 9.84. The van der Waals surface area contributed by atoms with Gasteiger partial charge in [0.15, 0.2) is 5.69 Å². The highest BCUT2D eigenvalue weighted by Crippen LogP contribution is 2.37. The summed E-state index contributed by atoms with van der Waals surface area (Å²) in [7, 11) is 1.48. The largest absolute Gasteiger partial charge is 0.495 e. The van der Waals surface area contributed by atoms with E-state index < -0.39 is 28.4 Å². The van der Waals surface area contributed by atoms with Gasteiger partial charge in [0.25, 0.3) is 0 Å². The van der Waals surface area contributed by atoms with Gasteiger partial charge in [0, 0.05) is 13.1 Å². The van der Waals surface area contributed by atoms with Crippen molar-refractivity contribution in [3.63, 3.8) is 0 Å². The number of nitrogens with zero attached hydrogens (tertiary/aromatic N) is 3. The van der Waals surface area contributed by atoms with Gasteiger partial charge in [-0.25, -0.2) is 0 Å². The Bertz CT molecular complexity index is 954. The van der Waals surface area contributed by atoms with E-state index in [2.05, 4.69) is 5.10 Å². The smallest absolute Gasteiger partial charge is 0.436 e. The zero-order chi connectivity index (χ0) is 22.3. The zero-order valence-corrected chi connectivity index (χ0v) is 17.8. The molecule has 0 saturated carbocycles. The number of alkyl halides is 3. The summed E-state index contributed by atoms with van der Waals surface area (Å²) in [4.78, 5) is 14.1. The monoisotopic (exact) mass is 465 g/mol. The summed E-state index contributed by atoms with van der Waals surface area (Å²) in [5.74, 6) is 0.0364. The molecule has 1 fully saturated rings. The van der Waals surface area contributed by atoms with Crippen LogP contribution in [-0.2, 0) is 23.1 Å². The fraction of sp³-hybridized carbons (Fsp3) is 0.474. The number of aliphatic hydroxyl groups is 1. The minimum absolute atomic E-state index is 0.0686. The van der Waals surface area contributed by atoms with Gasteiger partial charge < -0.3 is 14.7 Å². The summed E-state index contributed by atoms with van der Waals surface area (Å²) in [6.45, 7) is 1.48. The van der Waals surface area contributed by atoms with Gasteiger partial charge in [-0.15, -0.1) is 0 Å². The number of amides is 1. The molecule has 1 amide bonds. The van der Waals surface area contributed by atoms with E-state index in [9.17, 15) is 23.1 Å². The van der Waals surface area contributed by atoms with Gasteiger partial charge in [-0.2, -0.15) is 18.3 Å². The van der Waals surface area contributed by atoms with Crippen LogP contribution in [0.5, 0.6) is 5.75 Å². The van der Waals surface area contributed by atoms with E-state index in [1.165, 1.54) is 18.9 Å². The van der Waals surface area contributed by atoms with Crippen LogP contribution in [0.4, 0.5) is 13.2 Å². The van der Waals surface area contributed by atoms with Crippen molar-refractivity contribution in [1.82, 2.24) is 14.7 Å². The number of rotatable bonds is 4. The second-order valence-corrected chi connectivity index (χ2v) is 7.95. The average Bonchev–Trinajstić information content (AvgIpc) is 2.97. The van der Waals surface area contributed by atoms with E-state index in [1.807, 2.05) is 0 Å². The second kappa shape index (κ2) is 8.28. The van der Waals surface area contributed by atoms with Crippen molar-refractivity contribution in [3.8, 4) is 5.75 Å². The zero-order valence-electron chi connectivity index (χ0n) is 16.3. The molecule has 0 atom stereocenters. The summed E-state index contributed by atoms with van der Waals surface area (Å²) in [6.07, 6.45) is -4.18. The van der Waals surface area contributed by atoms with Crippen molar-refractivity contribution in [1.29, 1.82) is 0 Å². The van der Waals surface area contributed by atoms with Gasteiger partial charge in [0.2, 0.25) is 5.91 Å². The first-order chi connectivity index (χ1) is 14.0. The maximum Gasteiger partial charge on any atom is 0.436 e. The number of hydrogen-bond acceptors (Lipinski definition) is 4. The van der Waals surface area contributed by atoms with E-state index in [-0.39, 0.29) is 38.2 Å². The van der Waals surface area contributed by atoms with Crippen molar-refractivity contribution in [2.75, 3.05) is 20.2 Å². The van der Waals surface area contributed by atoms with Crippen molar-refractivity contribution < 1.29 is 27.8 Å². The number of carbonyl (C=O) groups excluding carboxylic acids is 1. The average molecular weight is 466 g/mol. The van der Waals surface area contributed by atoms with E-state index in [0.717, 1.165) is 4.68 Å². The summed E-state index contributed by atoms with van der Waals surface area (Å²) in [5.41, 5.74) is -1.68. The quantitative estimate of drug-likeness (QED) is 0.739. The Kier molecular flexibility index (Phi) is 6.27. The van der Waals surface area contributed by atoms with Gasteiger partial charge in [0.1, 0.15) is 12.3 Å². The molecule has 1 aromatic heterocycles. The van der Waals surface area contributed by atoms with Gasteiger partial charge in [-0.3, -0.25) is 9.48 Å². The normalized spacial score (nSPS) is 16.6. The fourth-order valence-electron chi connectivity index (χ4n) is 3.45. The highest BCUT2D eigenvalue weighted by atomic mass is 35.5. The Balaban J connectivity index is 1.69. The Morgan fingerprint density at radius 1 is 1.30 bits per heavy atom. The molecule has 0 unspecified atom stereocenters. The van der Waals surface area contributed by atoms with Crippen LogP contribution in [-0.4, -0.2) is 45.9 Å². The SMILES string of the molecule is COc1cc(C2(O)CCN(C(=O)Cn3nc(C(F)(F)F)c(Cl)c3C)CC2)ccc1Cl. The van der Waals surface area contributed by atoms with Gasteiger partial charge >= 0.3 is 6.18 Å². The third kappa shape index (κ3) is 4.38. The van der Waals surface area contributed by atoms with Crippen LogP contribution in [0.3, 0.4) is 0 Å². The molecule has 30 heavy (non-hydrogen) atoms. The van der Waals surface area contributed by atoms with Crippen LogP contribution in [0, 0.1) is 6.92 Å². The lowest BCUT2D eigenvalue weighted by Crippen LogP contribution is -2.46. The molecular weight excluding hydrogens is 446 g/mol. The molecule has 0 radical (unpaired) electrons. The highest BCUT2D eigenvalue weighted by molar-refractivity contribution is 6.32. The molecule has 1 N–H and O–H groups in total. The first-order valence-corrected chi connectivity index (χ1v) is 9.86. The minimum Gasteiger partial charge on any atom is -0.495 e. The molecule has 1 aromatic carbocycles. The molecule has 164 valence electrons. The number of halogens is 5. The first-order valence-electron chi connectivity index (χ1n) is 9.10. The predicted molar refractivity (Wildman–Crippen MR) is 105 cm³/mol. The summed E-state index contributed by atoms with van der Waals surface area (Å²) < 4.78 is 45.0. The third-order valence-electron chi connectivity index (χ3n) is 5.32. The number of methoxy groups -OCH3 is 1. The van der Waals surface area contributed by atoms with Crippen molar-refractivity contribution in [2.45, 2.75) is 38.1 Å². The van der Waals surface area contributed by atoms with Crippen LogP contribution in [0.15, 0.2) is 18.2 Å². The number of piperidine rings is 1. The van der Waals surface area contributed by atoms with Crippen molar-refractivity contribution in [3.05, 3.63) is 45.2 Å². The number of ether oxygens (including phenoxy) is 1. The van der Waals surface area contributed by atoms with E-state index in [1.54, 1.807) is 18.2 Å². The van der Waals surface area contributed by atoms with Crippen LogP contribution in [0.1, 0.15) is 29.8 Å². The lowest BCUT2D eigenvalue weighted by Gasteiger charge is -2.38. The maximum absolute atomic E-state index is 13.0. The molecule has 0 bridgehead atoms. The molecule has 2 heterocycles. The maximum atomic E-state index is 13.0. The molecule has 0 spiro atoms. The third-order valence-corrected chi connectivity index (χ3v) is 6.08. The van der Waals surface area contributed by atoms with Crippen LogP contribution in [0.2, 0.25) is 10.0 Å². The Morgan fingerprint density at radius 2 is 1.93 bits per heavy atom. The molecular formula is C19H20Cl2F3N3O3. The first kappa shape index (κ1) is 22.7. The second-order valence-electron chi connectivity index (χ2n) is 7.17. The van der Waals surface area contributed by atoms with E-state index >= 15 is 0 Å². The predicted octanol–water partition coefficient (Wildman–Crippen LogP) is 4.04. The van der Waals surface area contributed by atoms with Crippen LogP contribution < -0.4 is 4.74 Å². The van der Waals surface area contributed by atoms with Crippen molar-refractivity contribution >= 4 is 29.1 Å². The van der Waals surface area contributed by atoms with Crippen LogP contribution >= 0.6 is 23.2 Å². The number of benzene rings is 1. The van der Waals surface area contributed by atoms with Gasteiger partial charge in [-0.05, 0) is 37.5 Å². The molecule has 1 aliphatic heterocycles. The highest BCUT2D eigenvalue weighted by Gasteiger charge is 2.39. The molecule has 11 heteroatoms.